The SMILES string of the molecule is CN=C(NCCc1nc(-c2cccc(Cl)c2)no1)NC1CN(C(C)C)CC1C. The van der Waals surface area contributed by atoms with Gasteiger partial charge in [0.15, 0.2) is 5.96 Å². The number of guanidine groups is 1. The molecule has 0 amide bonds. The average molecular weight is 405 g/mol. The van der Waals surface area contributed by atoms with E-state index in [1.165, 1.54) is 0 Å². The molecule has 1 aromatic heterocycles. The minimum Gasteiger partial charge on any atom is -0.356 e. The van der Waals surface area contributed by atoms with Gasteiger partial charge in [-0.05, 0) is 31.9 Å². The first-order valence-electron chi connectivity index (χ1n) is 9.76. The molecule has 1 aromatic carbocycles. The van der Waals surface area contributed by atoms with Crippen LogP contribution in [0, 0.1) is 5.92 Å². The van der Waals surface area contributed by atoms with Crippen LogP contribution in [-0.4, -0.2) is 59.8 Å². The first kappa shape index (κ1) is 20.6. The van der Waals surface area contributed by atoms with Gasteiger partial charge in [0, 0.05) is 55.8 Å². The highest BCUT2D eigenvalue weighted by atomic mass is 35.5. The number of hydrogen-bond donors (Lipinski definition) is 2. The number of hydrogen-bond acceptors (Lipinski definition) is 5. The molecular weight excluding hydrogens is 376 g/mol. The number of benzene rings is 1. The van der Waals surface area contributed by atoms with E-state index in [0.29, 0.717) is 47.7 Å². The lowest BCUT2D eigenvalue weighted by Gasteiger charge is -2.21. The van der Waals surface area contributed by atoms with E-state index in [0.717, 1.165) is 24.6 Å². The van der Waals surface area contributed by atoms with E-state index in [1.54, 1.807) is 7.05 Å². The maximum Gasteiger partial charge on any atom is 0.228 e. The molecule has 2 heterocycles. The van der Waals surface area contributed by atoms with Crippen molar-refractivity contribution in [1.82, 2.24) is 25.7 Å². The first-order valence-corrected chi connectivity index (χ1v) is 10.1. The Hall–Kier alpha value is -2.12. The second kappa shape index (κ2) is 9.39. The van der Waals surface area contributed by atoms with Crippen molar-refractivity contribution in [2.45, 2.75) is 39.3 Å². The second-order valence-electron chi connectivity index (χ2n) is 7.55. The van der Waals surface area contributed by atoms with Crippen LogP contribution in [0.4, 0.5) is 0 Å². The first-order chi connectivity index (χ1) is 13.5. The van der Waals surface area contributed by atoms with Crippen LogP contribution in [0.25, 0.3) is 11.4 Å². The number of nitrogens with one attached hydrogen (secondary N) is 2. The summed E-state index contributed by atoms with van der Waals surface area (Å²) >= 11 is 6.02. The zero-order valence-corrected chi connectivity index (χ0v) is 17.7. The zero-order chi connectivity index (χ0) is 20.1. The number of aromatic nitrogens is 2. The summed E-state index contributed by atoms with van der Waals surface area (Å²) in [6.07, 6.45) is 0.618. The van der Waals surface area contributed by atoms with Crippen LogP contribution in [0.3, 0.4) is 0 Å². The Bertz CT molecular complexity index is 805. The maximum absolute atomic E-state index is 6.02. The van der Waals surface area contributed by atoms with Gasteiger partial charge in [-0.3, -0.25) is 9.89 Å². The van der Waals surface area contributed by atoms with Gasteiger partial charge in [0.2, 0.25) is 11.7 Å². The van der Waals surface area contributed by atoms with Gasteiger partial charge in [-0.25, -0.2) is 0 Å². The number of halogens is 1. The number of nitrogens with zero attached hydrogens (tertiary/aromatic N) is 4. The number of aliphatic imine (C=N–C) groups is 1. The van der Waals surface area contributed by atoms with E-state index in [1.807, 2.05) is 24.3 Å². The van der Waals surface area contributed by atoms with E-state index in [4.69, 9.17) is 16.1 Å². The van der Waals surface area contributed by atoms with Gasteiger partial charge >= 0.3 is 0 Å². The lowest BCUT2D eigenvalue weighted by Crippen LogP contribution is -2.47. The van der Waals surface area contributed by atoms with Crippen molar-refractivity contribution in [3.63, 3.8) is 0 Å². The molecule has 2 N–H and O–H groups in total. The summed E-state index contributed by atoms with van der Waals surface area (Å²) in [5.74, 6) is 2.51. The van der Waals surface area contributed by atoms with Crippen molar-refractivity contribution >= 4 is 17.6 Å². The summed E-state index contributed by atoms with van der Waals surface area (Å²) in [5.41, 5.74) is 0.845. The Morgan fingerprint density at radius 1 is 1.39 bits per heavy atom. The molecule has 2 atom stereocenters. The minimum atomic E-state index is 0.395. The van der Waals surface area contributed by atoms with Gasteiger partial charge < -0.3 is 15.2 Å². The fourth-order valence-electron chi connectivity index (χ4n) is 3.37. The fourth-order valence-corrected chi connectivity index (χ4v) is 3.56. The Balaban J connectivity index is 1.49. The van der Waals surface area contributed by atoms with E-state index >= 15 is 0 Å². The van der Waals surface area contributed by atoms with Gasteiger partial charge in [0.05, 0.1) is 0 Å². The molecule has 3 rings (SSSR count). The summed E-state index contributed by atoms with van der Waals surface area (Å²) in [4.78, 5) is 11.3. The molecule has 1 aliphatic rings. The van der Waals surface area contributed by atoms with Crippen LogP contribution in [0.2, 0.25) is 5.02 Å². The maximum atomic E-state index is 6.02. The molecule has 0 radical (unpaired) electrons. The van der Waals surface area contributed by atoms with E-state index in [-0.39, 0.29) is 0 Å². The highest BCUT2D eigenvalue weighted by Crippen LogP contribution is 2.20. The molecule has 2 aromatic rings. The molecule has 1 fully saturated rings. The van der Waals surface area contributed by atoms with Crippen LogP contribution < -0.4 is 10.6 Å². The van der Waals surface area contributed by atoms with Crippen molar-refractivity contribution < 1.29 is 4.52 Å². The fraction of sp³-hybridized carbons (Fsp3) is 0.550. The summed E-state index contributed by atoms with van der Waals surface area (Å²) in [6, 6.07) is 8.38. The minimum absolute atomic E-state index is 0.395. The largest absolute Gasteiger partial charge is 0.356 e. The van der Waals surface area contributed by atoms with Crippen LogP contribution >= 0.6 is 11.6 Å². The summed E-state index contributed by atoms with van der Waals surface area (Å²) in [6.45, 7) is 9.57. The molecule has 2 unspecified atom stereocenters. The average Bonchev–Trinajstić information content (AvgIpc) is 3.28. The van der Waals surface area contributed by atoms with Crippen LogP contribution in [-0.2, 0) is 6.42 Å². The lowest BCUT2D eigenvalue weighted by molar-refractivity contribution is 0.265. The third-order valence-electron chi connectivity index (χ3n) is 5.10. The molecule has 1 saturated heterocycles. The van der Waals surface area contributed by atoms with Gasteiger partial charge in [0.25, 0.3) is 0 Å². The highest BCUT2D eigenvalue weighted by Gasteiger charge is 2.31. The zero-order valence-electron chi connectivity index (χ0n) is 16.9. The molecule has 0 saturated carbocycles. The van der Waals surface area contributed by atoms with Gasteiger partial charge in [-0.15, -0.1) is 0 Å². The predicted molar refractivity (Wildman–Crippen MR) is 113 cm³/mol. The normalized spacial score (nSPS) is 20.7. The van der Waals surface area contributed by atoms with E-state index < -0.39 is 0 Å². The van der Waals surface area contributed by atoms with Gasteiger partial charge in [-0.2, -0.15) is 4.98 Å². The molecule has 1 aliphatic heterocycles. The molecule has 8 heteroatoms. The smallest absolute Gasteiger partial charge is 0.228 e. The van der Waals surface area contributed by atoms with E-state index in [9.17, 15) is 0 Å². The summed E-state index contributed by atoms with van der Waals surface area (Å²) in [5, 5.41) is 11.6. The van der Waals surface area contributed by atoms with Crippen molar-refractivity contribution in [3.05, 3.63) is 35.2 Å². The van der Waals surface area contributed by atoms with Crippen molar-refractivity contribution in [1.29, 1.82) is 0 Å². The van der Waals surface area contributed by atoms with Gasteiger partial charge in [-0.1, -0.05) is 35.8 Å². The topological polar surface area (TPSA) is 78.6 Å². The molecule has 152 valence electrons. The molecule has 7 nitrogen and oxygen atoms in total. The van der Waals surface area contributed by atoms with Crippen LogP contribution in [0.1, 0.15) is 26.7 Å². The van der Waals surface area contributed by atoms with Crippen molar-refractivity contribution in [3.8, 4) is 11.4 Å². The third kappa shape index (κ3) is 5.23. The Morgan fingerprint density at radius 2 is 2.21 bits per heavy atom. The second-order valence-corrected chi connectivity index (χ2v) is 7.98. The molecular formula is C20H29ClN6O. The Kier molecular flexibility index (Phi) is 6.91. The number of rotatable bonds is 6. The third-order valence-corrected chi connectivity index (χ3v) is 5.33. The van der Waals surface area contributed by atoms with Crippen molar-refractivity contribution in [2.75, 3.05) is 26.7 Å². The summed E-state index contributed by atoms with van der Waals surface area (Å²) in [7, 11) is 1.79. The quantitative estimate of drug-likeness (QED) is 0.569. The Labute approximate surface area is 171 Å². The molecule has 0 spiro atoms. The molecule has 0 bridgehead atoms. The van der Waals surface area contributed by atoms with Crippen molar-refractivity contribution in [2.24, 2.45) is 10.9 Å². The molecule has 0 aliphatic carbocycles. The summed E-state index contributed by atoms with van der Waals surface area (Å²) < 4.78 is 5.35. The van der Waals surface area contributed by atoms with Crippen LogP contribution in [0.15, 0.2) is 33.8 Å². The van der Waals surface area contributed by atoms with Gasteiger partial charge in [0.1, 0.15) is 0 Å². The lowest BCUT2D eigenvalue weighted by atomic mass is 10.1. The van der Waals surface area contributed by atoms with Crippen LogP contribution in [0.5, 0.6) is 0 Å². The predicted octanol–water partition coefficient (Wildman–Crippen LogP) is 2.83. The number of likely N-dealkylation sites (tertiary alicyclic amines) is 1. The standard InChI is InChI=1S/C20H29ClN6O/c1-13(2)27-11-14(3)17(12-27)24-20(22-4)23-9-8-18-25-19(26-28-18)15-6-5-7-16(21)10-15/h5-7,10,13-14,17H,8-9,11-12H2,1-4H3,(H2,22,23,24). The van der Waals surface area contributed by atoms with E-state index in [2.05, 4.69) is 51.4 Å². The highest BCUT2D eigenvalue weighted by molar-refractivity contribution is 6.30. The Morgan fingerprint density at radius 3 is 2.89 bits per heavy atom. The molecule has 28 heavy (non-hydrogen) atoms. The monoisotopic (exact) mass is 404 g/mol.